The predicted molar refractivity (Wildman–Crippen MR) is 63.9 cm³/mol. The van der Waals surface area contributed by atoms with Gasteiger partial charge in [0.25, 0.3) is 0 Å². The summed E-state index contributed by atoms with van der Waals surface area (Å²) >= 11 is 0. The van der Waals surface area contributed by atoms with Crippen LogP contribution in [0.1, 0.15) is 24.4 Å². The zero-order chi connectivity index (χ0) is 12.3. The summed E-state index contributed by atoms with van der Waals surface area (Å²) in [5.41, 5.74) is 1.18. The van der Waals surface area contributed by atoms with Crippen LogP contribution in [0.3, 0.4) is 0 Å². The molecule has 2 rings (SSSR count). The summed E-state index contributed by atoms with van der Waals surface area (Å²) in [5, 5.41) is 3.28. The normalized spacial score (nSPS) is 23.4. The Hall–Kier alpha value is -1.55. The number of hydrogen-bond acceptors (Lipinski definition) is 4. The van der Waals surface area contributed by atoms with E-state index in [1.165, 1.54) is 12.7 Å². The Labute approximate surface area is 101 Å². The molecule has 1 aromatic carbocycles. The standard InChI is InChI=1S/C13H17NO3/c1-16-10-5-3-9(4-6-10)11-7-8-12(14-11)13(15)17-2/h3-6,11-12,14H,7-8H2,1-2H3. The summed E-state index contributed by atoms with van der Waals surface area (Å²) in [6, 6.07) is 7.97. The first-order chi connectivity index (χ1) is 8.24. The van der Waals surface area contributed by atoms with Crippen LogP contribution in [0.15, 0.2) is 24.3 Å². The number of esters is 1. The van der Waals surface area contributed by atoms with Crippen LogP contribution in [0.5, 0.6) is 5.75 Å². The van der Waals surface area contributed by atoms with Gasteiger partial charge >= 0.3 is 5.97 Å². The summed E-state index contributed by atoms with van der Waals surface area (Å²) in [5.74, 6) is 0.664. The molecule has 1 aliphatic rings. The second-order valence-corrected chi connectivity index (χ2v) is 4.15. The second-order valence-electron chi connectivity index (χ2n) is 4.15. The van der Waals surface area contributed by atoms with Gasteiger partial charge in [0.1, 0.15) is 11.8 Å². The van der Waals surface area contributed by atoms with E-state index in [4.69, 9.17) is 9.47 Å². The number of methoxy groups -OCH3 is 2. The number of carbonyl (C=O) groups excluding carboxylic acids is 1. The molecular weight excluding hydrogens is 218 g/mol. The lowest BCUT2D eigenvalue weighted by Crippen LogP contribution is -2.33. The van der Waals surface area contributed by atoms with E-state index >= 15 is 0 Å². The van der Waals surface area contributed by atoms with Crippen LogP contribution in [0.25, 0.3) is 0 Å². The molecule has 2 atom stereocenters. The first kappa shape index (κ1) is 11.9. The van der Waals surface area contributed by atoms with Crippen molar-refractivity contribution in [2.45, 2.75) is 24.9 Å². The summed E-state index contributed by atoms with van der Waals surface area (Å²) in [6.07, 6.45) is 1.77. The lowest BCUT2D eigenvalue weighted by atomic mass is 10.1. The molecule has 4 heteroatoms. The number of ether oxygens (including phenoxy) is 2. The fourth-order valence-electron chi connectivity index (χ4n) is 2.17. The number of carbonyl (C=O) groups is 1. The van der Waals surface area contributed by atoms with E-state index in [9.17, 15) is 4.79 Å². The lowest BCUT2D eigenvalue weighted by molar-refractivity contribution is -0.142. The molecule has 1 heterocycles. The Morgan fingerprint density at radius 1 is 1.24 bits per heavy atom. The maximum absolute atomic E-state index is 11.4. The molecule has 1 fully saturated rings. The summed E-state index contributed by atoms with van der Waals surface area (Å²) < 4.78 is 9.85. The third kappa shape index (κ3) is 2.58. The van der Waals surface area contributed by atoms with Gasteiger partial charge in [-0.2, -0.15) is 0 Å². The molecule has 0 radical (unpaired) electrons. The minimum atomic E-state index is -0.180. The molecule has 2 unspecified atom stereocenters. The molecule has 0 saturated carbocycles. The van der Waals surface area contributed by atoms with Gasteiger partial charge in [0, 0.05) is 6.04 Å². The van der Waals surface area contributed by atoms with E-state index < -0.39 is 0 Å². The maximum atomic E-state index is 11.4. The Morgan fingerprint density at radius 3 is 2.53 bits per heavy atom. The highest BCUT2D eigenvalue weighted by Crippen LogP contribution is 2.28. The molecule has 0 bridgehead atoms. The molecular formula is C13H17NO3. The molecule has 92 valence electrons. The van der Waals surface area contributed by atoms with Crippen molar-refractivity contribution in [2.24, 2.45) is 0 Å². The SMILES string of the molecule is COC(=O)C1CCC(c2ccc(OC)cc2)N1. The van der Waals surface area contributed by atoms with Gasteiger partial charge in [-0.1, -0.05) is 12.1 Å². The summed E-state index contributed by atoms with van der Waals surface area (Å²) in [4.78, 5) is 11.4. The molecule has 17 heavy (non-hydrogen) atoms. The zero-order valence-corrected chi connectivity index (χ0v) is 10.1. The molecule has 1 saturated heterocycles. The van der Waals surface area contributed by atoms with Crippen LogP contribution in [-0.4, -0.2) is 26.2 Å². The van der Waals surface area contributed by atoms with Crippen molar-refractivity contribution in [3.8, 4) is 5.75 Å². The number of nitrogens with one attached hydrogen (secondary N) is 1. The van der Waals surface area contributed by atoms with Crippen LogP contribution in [0, 0.1) is 0 Å². The quantitative estimate of drug-likeness (QED) is 0.809. The van der Waals surface area contributed by atoms with E-state index in [0.717, 1.165) is 18.6 Å². The predicted octanol–water partition coefficient (Wildman–Crippen LogP) is 1.66. The first-order valence-electron chi connectivity index (χ1n) is 5.72. The highest BCUT2D eigenvalue weighted by molar-refractivity contribution is 5.76. The largest absolute Gasteiger partial charge is 0.497 e. The number of benzene rings is 1. The van der Waals surface area contributed by atoms with E-state index in [1.807, 2.05) is 24.3 Å². The van der Waals surface area contributed by atoms with Gasteiger partial charge in [-0.3, -0.25) is 10.1 Å². The van der Waals surface area contributed by atoms with Gasteiger partial charge in [0.05, 0.1) is 14.2 Å². The lowest BCUT2D eigenvalue weighted by Gasteiger charge is -2.13. The van der Waals surface area contributed by atoms with Crippen molar-refractivity contribution in [1.82, 2.24) is 5.32 Å². The number of hydrogen-bond donors (Lipinski definition) is 1. The van der Waals surface area contributed by atoms with Crippen molar-refractivity contribution in [3.63, 3.8) is 0 Å². The molecule has 1 aliphatic heterocycles. The van der Waals surface area contributed by atoms with E-state index in [0.29, 0.717) is 0 Å². The van der Waals surface area contributed by atoms with Crippen molar-refractivity contribution in [1.29, 1.82) is 0 Å². The first-order valence-corrected chi connectivity index (χ1v) is 5.72. The van der Waals surface area contributed by atoms with Crippen molar-refractivity contribution in [2.75, 3.05) is 14.2 Å². The molecule has 0 aliphatic carbocycles. The highest BCUT2D eigenvalue weighted by Gasteiger charge is 2.30. The minimum Gasteiger partial charge on any atom is -0.497 e. The molecule has 0 amide bonds. The van der Waals surface area contributed by atoms with Crippen LogP contribution in [0.4, 0.5) is 0 Å². The molecule has 0 spiro atoms. The Bertz CT molecular complexity index is 388. The Morgan fingerprint density at radius 2 is 1.94 bits per heavy atom. The topological polar surface area (TPSA) is 47.6 Å². The van der Waals surface area contributed by atoms with Gasteiger partial charge in [-0.05, 0) is 30.5 Å². The average molecular weight is 235 g/mol. The van der Waals surface area contributed by atoms with Crippen LogP contribution in [-0.2, 0) is 9.53 Å². The molecule has 1 aromatic rings. The van der Waals surface area contributed by atoms with E-state index in [2.05, 4.69) is 5.32 Å². The van der Waals surface area contributed by atoms with Gasteiger partial charge < -0.3 is 9.47 Å². The Kier molecular flexibility index (Phi) is 3.64. The third-order valence-electron chi connectivity index (χ3n) is 3.15. The molecule has 1 N–H and O–H groups in total. The average Bonchev–Trinajstić information content (AvgIpc) is 2.87. The fourth-order valence-corrected chi connectivity index (χ4v) is 2.17. The summed E-state index contributed by atoms with van der Waals surface area (Å²) in [6.45, 7) is 0. The highest BCUT2D eigenvalue weighted by atomic mass is 16.5. The van der Waals surface area contributed by atoms with Gasteiger partial charge in [0.2, 0.25) is 0 Å². The monoisotopic (exact) mass is 235 g/mol. The number of rotatable bonds is 3. The van der Waals surface area contributed by atoms with Gasteiger partial charge in [0.15, 0.2) is 0 Å². The van der Waals surface area contributed by atoms with Crippen LogP contribution < -0.4 is 10.1 Å². The van der Waals surface area contributed by atoms with E-state index in [1.54, 1.807) is 7.11 Å². The van der Waals surface area contributed by atoms with Gasteiger partial charge in [-0.25, -0.2) is 0 Å². The fraction of sp³-hybridized carbons (Fsp3) is 0.462. The molecule has 4 nitrogen and oxygen atoms in total. The third-order valence-corrected chi connectivity index (χ3v) is 3.15. The minimum absolute atomic E-state index is 0.174. The second kappa shape index (κ2) is 5.19. The summed E-state index contributed by atoms with van der Waals surface area (Å²) in [7, 11) is 3.07. The maximum Gasteiger partial charge on any atom is 0.322 e. The van der Waals surface area contributed by atoms with Crippen LogP contribution in [0.2, 0.25) is 0 Å². The van der Waals surface area contributed by atoms with E-state index in [-0.39, 0.29) is 18.1 Å². The van der Waals surface area contributed by atoms with Crippen molar-refractivity contribution in [3.05, 3.63) is 29.8 Å². The smallest absolute Gasteiger partial charge is 0.322 e. The Balaban J connectivity index is 2.02. The molecule has 0 aromatic heterocycles. The van der Waals surface area contributed by atoms with Crippen molar-refractivity contribution < 1.29 is 14.3 Å². The van der Waals surface area contributed by atoms with Crippen molar-refractivity contribution >= 4 is 5.97 Å². The van der Waals surface area contributed by atoms with Crippen LogP contribution >= 0.6 is 0 Å². The van der Waals surface area contributed by atoms with Gasteiger partial charge in [-0.15, -0.1) is 0 Å². The zero-order valence-electron chi connectivity index (χ0n) is 10.1.